The molecular formula is C14H14N2O. The fraction of sp³-hybridized carbons (Fsp3) is 0.0714. The van der Waals surface area contributed by atoms with Crippen molar-refractivity contribution in [3.8, 4) is 0 Å². The Morgan fingerprint density at radius 2 is 1.71 bits per heavy atom. The molecule has 17 heavy (non-hydrogen) atoms. The molecule has 3 nitrogen and oxygen atoms in total. The summed E-state index contributed by atoms with van der Waals surface area (Å²) in [6.07, 6.45) is 5.92. The second-order valence-electron chi connectivity index (χ2n) is 3.90. The molecule has 3 rings (SSSR count). The molecule has 0 spiro atoms. The first kappa shape index (κ1) is 11.5. The molecule has 2 aliphatic rings. The molecule has 2 aliphatic carbocycles. The van der Waals surface area contributed by atoms with Crippen LogP contribution >= 0.6 is 0 Å². The number of rotatable bonds is 0. The van der Waals surface area contributed by atoms with E-state index in [9.17, 15) is 4.79 Å². The number of carbonyl (C=O) groups excluding carboxylic acids is 1. The van der Waals surface area contributed by atoms with Gasteiger partial charge in [0, 0.05) is 5.57 Å². The van der Waals surface area contributed by atoms with Gasteiger partial charge >= 0.3 is 0 Å². The van der Waals surface area contributed by atoms with Crippen LogP contribution in [-0.4, -0.2) is 5.78 Å². The number of hydrogen-bond donors (Lipinski definition) is 2. The number of Topliss-reactive ketones (excluding diaryl/α,β-unsaturated/α-hetero) is 1. The summed E-state index contributed by atoms with van der Waals surface area (Å²) in [5, 5.41) is 0. The Balaban J connectivity index is 0.000000514. The number of fused-ring (bicyclic) bond motifs is 3. The maximum Gasteiger partial charge on any atom is 0.189 e. The Morgan fingerprint density at radius 3 is 2.47 bits per heavy atom. The quantitative estimate of drug-likeness (QED) is 0.523. The molecule has 0 aromatic heterocycles. The van der Waals surface area contributed by atoms with E-state index in [2.05, 4.69) is 17.8 Å². The number of hydrazine groups is 1. The third kappa shape index (κ3) is 1.75. The first-order chi connectivity index (χ1) is 8.27. The van der Waals surface area contributed by atoms with Crippen LogP contribution in [0.4, 0.5) is 0 Å². The van der Waals surface area contributed by atoms with Gasteiger partial charge in [0.15, 0.2) is 5.78 Å². The van der Waals surface area contributed by atoms with E-state index in [0.29, 0.717) is 0 Å². The Kier molecular flexibility index (Phi) is 3.04. The normalized spacial score (nSPS) is 15.9. The zero-order valence-corrected chi connectivity index (χ0v) is 9.60. The average Bonchev–Trinajstić information content (AvgIpc) is 2.76. The van der Waals surface area contributed by atoms with Crippen molar-refractivity contribution in [2.75, 3.05) is 0 Å². The van der Waals surface area contributed by atoms with E-state index in [1.54, 1.807) is 0 Å². The lowest BCUT2D eigenvalue weighted by atomic mass is 9.92. The largest absolute Gasteiger partial charge is 0.289 e. The van der Waals surface area contributed by atoms with Crippen molar-refractivity contribution in [2.24, 2.45) is 11.7 Å². The summed E-state index contributed by atoms with van der Waals surface area (Å²) in [7, 11) is 0. The van der Waals surface area contributed by atoms with Gasteiger partial charge in [0.2, 0.25) is 0 Å². The van der Waals surface area contributed by atoms with E-state index in [1.165, 1.54) is 5.56 Å². The monoisotopic (exact) mass is 226 g/mol. The van der Waals surface area contributed by atoms with E-state index < -0.39 is 0 Å². The fourth-order valence-corrected chi connectivity index (χ4v) is 2.11. The molecule has 1 aromatic carbocycles. The van der Waals surface area contributed by atoms with Crippen LogP contribution in [0.25, 0.3) is 11.6 Å². The van der Waals surface area contributed by atoms with Crippen LogP contribution in [0.2, 0.25) is 0 Å². The summed E-state index contributed by atoms with van der Waals surface area (Å²) in [6.45, 7) is 1.86. The number of nitrogens with two attached hydrogens (primary N) is 2. The van der Waals surface area contributed by atoms with Crippen molar-refractivity contribution < 1.29 is 4.79 Å². The molecule has 86 valence electrons. The van der Waals surface area contributed by atoms with Crippen LogP contribution in [0.5, 0.6) is 0 Å². The predicted molar refractivity (Wildman–Crippen MR) is 69.5 cm³/mol. The van der Waals surface area contributed by atoms with Crippen molar-refractivity contribution in [1.82, 2.24) is 0 Å². The first-order valence-corrected chi connectivity index (χ1v) is 5.35. The van der Waals surface area contributed by atoms with E-state index in [1.807, 2.05) is 43.4 Å². The Hall–Kier alpha value is -1.97. The van der Waals surface area contributed by atoms with Gasteiger partial charge in [-0.25, -0.2) is 0 Å². The van der Waals surface area contributed by atoms with E-state index in [4.69, 9.17) is 0 Å². The topological polar surface area (TPSA) is 69.1 Å². The molecule has 0 unspecified atom stereocenters. The van der Waals surface area contributed by atoms with Gasteiger partial charge in [0.1, 0.15) is 0 Å². The average molecular weight is 226 g/mol. The van der Waals surface area contributed by atoms with E-state index in [-0.39, 0.29) is 5.78 Å². The van der Waals surface area contributed by atoms with Crippen LogP contribution in [0.15, 0.2) is 47.6 Å². The van der Waals surface area contributed by atoms with Gasteiger partial charge in [-0.05, 0) is 35.3 Å². The smallest absolute Gasteiger partial charge is 0.189 e. The minimum Gasteiger partial charge on any atom is -0.289 e. The lowest BCUT2D eigenvalue weighted by Gasteiger charge is -2.10. The van der Waals surface area contributed by atoms with Gasteiger partial charge in [-0.15, -0.1) is 0 Å². The zero-order valence-electron chi connectivity index (χ0n) is 9.60. The molecule has 0 saturated carbocycles. The second kappa shape index (κ2) is 4.49. The van der Waals surface area contributed by atoms with Crippen LogP contribution in [0, 0.1) is 0 Å². The van der Waals surface area contributed by atoms with Crippen molar-refractivity contribution in [3.05, 3.63) is 58.7 Å². The molecule has 0 amide bonds. The maximum absolute atomic E-state index is 11.9. The number of carbonyl (C=O) groups is 1. The standard InChI is InChI=1S/C14H10O.H4N2/c1-9-6-7-12-11-5-3-2-4-10(11)8-13(12)14(9)15;1-2/h2-8H,1H3;1-2H2. The molecule has 0 heterocycles. The van der Waals surface area contributed by atoms with Gasteiger partial charge in [0.25, 0.3) is 0 Å². The molecule has 1 aromatic rings. The van der Waals surface area contributed by atoms with Gasteiger partial charge in [-0.3, -0.25) is 16.5 Å². The summed E-state index contributed by atoms with van der Waals surface area (Å²) in [5.74, 6) is 8.16. The van der Waals surface area contributed by atoms with Crippen molar-refractivity contribution in [2.45, 2.75) is 6.92 Å². The highest BCUT2D eigenvalue weighted by atomic mass is 16.1. The summed E-state index contributed by atoms with van der Waals surface area (Å²) in [5.41, 5.74) is 5.05. The van der Waals surface area contributed by atoms with Crippen LogP contribution in [0.1, 0.15) is 18.1 Å². The first-order valence-electron chi connectivity index (χ1n) is 5.35. The van der Waals surface area contributed by atoms with E-state index >= 15 is 0 Å². The van der Waals surface area contributed by atoms with Gasteiger partial charge in [0.05, 0.1) is 0 Å². The highest BCUT2D eigenvalue weighted by molar-refractivity contribution is 6.25. The molecular weight excluding hydrogens is 212 g/mol. The maximum atomic E-state index is 11.9. The van der Waals surface area contributed by atoms with E-state index in [0.717, 1.165) is 22.3 Å². The summed E-state index contributed by atoms with van der Waals surface area (Å²) < 4.78 is 0. The minimum absolute atomic E-state index is 0.156. The summed E-state index contributed by atoms with van der Waals surface area (Å²) in [6, 6.07) is 8.11. The Bertz CT molecular complexity index is 565. The number of ketones is 1. The van der Waals surface area contributed by atoms with Crippen molar-refractivity contribution in [1.29, 1.82) is 0 Å². The summed E-state index contributed by atoms with van der Waals surface area (Å²) in [4.78, 5) is 11.9. The number of hydrogen-bond acceptors (Lipinski definition) is 3. The fourth-order valence-electron chi connectivity index (χ4n) is 2.11. The molecule has 3 heteroatoms. The third-order valence-corrected chi connectivity index (χ3v) is 2.94. The molecule has 4 N–H and O–H groups in total. The lowest BCUT2D eigenvalue weighted by Crippen LogP contribution is -2.06. The Labute approximate surface area is 100 Å². The molecule has 0 aliphatic heterocycles. The molecule has 0 atom stereocenters. The highest BCUT2D eigenvalue weighted by Crippen LogP contribution is 2.38. The Morgan fingerprint density at radius 1 is 1.00 bits per heavy atom. The molecule has 0 fully saturated rings. The van der Waals surface area contributed by atoms with Crippen molar-refractivity contribution in [3.63, 3.8) is 0 Å². The number of allylic oxidation sites excluding steroid dienone is 5. The zero-order chi connectivity index (χ0) is 12.4. The summed E-state index contributed by atoms with van der Waals surface area (Å²) >= 11 is 0. The second-order valence-corrected chi connectivity index (χ2v) is 3.90. The molecule has 0 saturated heterocycles. The highest BCUT2D eigenvalue weighted by Gasteiger charge is 2.26. The van der Waals surface area contributed by atoms with Gasteiger partial charge < -0.3 is 0 Å². The van der Waals surface area contributed by atoms with Crippen LogP contribution in [-0.2, 0) is 4.79 Å². The van der Waals surface area contributed by atoms with Gasteiger partial charge in [-0.1, -0.05) is 36.4 Å². The van der Waals surface area contributed by atoms with Crippen molar-refractivity contribution >= 4 is 17.4 Å². The SMILES string of the molecule is CC1=CC=C2C(=Cc3ccccc32)C1=O.NN. The van der Waals surface area contributed by atoms with Crippen LogP contribution < -0.4 is 11.7 Å². The van der Waals surface area contributed by atoms with Gasteiger partial charge in [-0.2, -0.15) is 0 Å². The predicted octanol–water partition coefficient (Wildman–Crippen LogP) is 1.81. The minimum atomic E-state index is 0.156. The molecule has 0 radical (unpaired) electrons. The molecule has 0 bridgehead atoms. The van der Waals surface area contributed by atoms with Crippen LogP contribution in [0.3, 0.4) is 0 Å². The number of benzene rings is 1. The lowest BCUT2D eigenvalue weighted by molar-refractivity contribution is -0.111. The third-order valence-electron chi connectivity index (χ3n) is 2.94.